The van der Waals surface area contributed by atoms with Crippen LogP contribution >= 0.6 is 22.9 Å². The first-order valence-corrected chi connectivity index (χ1v) is 11.5. The van der Waals surface area contributed by atoms with Crippen LogP contribution in [0.25, 0.3) is 0 Å². The van der Waals surface area contributed by atoms with Crippen molar-refractivity contribution >= 4 is 38.9 Å². The normalized spacial score (nSPS) is 12.6. The predicted molar refractivity (Wildman–Crippen MR) is 114 cm³/mol. The molecule has 3 N–H and O–H groups in total. The van der Waals surface area contributed by atoms with Crippen LogP contribution in [0.3, 0.4) is 0 Å². The van der Waals surface area contributed by atoms with Crippen molar-refractivity contribution < 1.29 is 23.5 Å². The number of nitrogens with one attached hydrogen (secondary N) is 1. The summed E-state index contributed by atoms with van der Waals surface area (Å²) >= 11 is 7.31. The zero-order chi connectivity index (χ0) is 21.7. The number of hydrogen-bond donors (Lipinski definition) is 3. The highest BCUT2D eigenvalue weighted by atomic mass is 35.5. The van der Waals surface area contributed by atoms with Crippen LogP contribution in [0.2, 0.25) is 5.02 Å². The number of carbonyl (C=O) groups is 1. The van der Waals surface area contributed by atoms with E-state index >= 15 is 0 Å². The summed E-state index contributed by atoms with van der Waals surface area (Å²) in [5.41, 5.74) is 2.20. The van der Waals surface area contributed by atoms with Crippen molar-refractivity contribution in [3.63, 3.8) is 0 Å². The Labute approximate surface area is 183 Å². The number of halogens is 1. The Morgan fingerprint density at radius 1 is 1.10 bits per heavy atom. The molecule has 10 heteroatoms. The molecule has 0 saturated heterocycles. The van der Waals surface area contributed by atoms with Gasteiger partial charge >= 0.3 is 0 Å². The number of amides is 1. The summed E-state index contributed by atoms with van der Waals surface area (Å²) in [4.78, 5) is 13.2. The van der Waals surface area contributed by atoms with E-state index in [1.165, 1.54) is 35.6 Å². The summed E-state index contributed by atoms with van der Waals surface area (Å²) in [6.45, 7) is -0.121. The summed E-state index contributed by atoms with van der Waals surface area (Å²) in [6, 6.07) is 14.0. The molecule has 2 aromatic carbocycles. The van der Waals surface area contributed by atoms with E-state index in [0.29, 0.717) is 10.6 Å². The van der Waals surface area contributed by atoms with E-state index in [1.807, 2.05) is 5.38 Å². The van der Waals surface area contributed by atoms with Gasteiger partial charge in [0.1, 0.15) is 11.8 Å². The number of nitrogens with zero attached hydrogens (tertiary/aromatic N) is 1. The predicted octanol–water partition coefficient (Wildman–Crippen LogP) is 3.41. The van der Waals surface area contributed by atoms with Crippen LogP contribution in [-0.4, -0.2) is 35.0 Å². The van der Waals surface area contributed by atoms with E-state index in [4.69, 9.17) is 11.6 Å². The zero-order valence-electron chi connectivity index (χ0n) is 15.6. The van der Waals surface area contributed by atoms with Crippen LogP contribution in [0.1, 0.15) is 10.4 Å². The summed E-state index contributed by atoms with van der Waals surface area (Å²) in [5.74, 6) is -0.929. The third kappa shape index (κ3) is 5.18. The molecule has 0 unspecified atom stereocenters. The lowest BCUT2D eigenvalue weighted by atomic mass is 10.1. The maximum atomic E-state index is 13.5. The Kier molecular flexibility index (Phi) is 7.11. The van der Waals surface area contributed by atoms with Gasteiger partial charge in [-0.25, -0.2) is 13.9 Å². The van der Waals surface area contributed by atoms with Crippen molar-refractivity contribution in [1.29, 1.82) is 0 Å². The van der Waals surface area contributed by atoms with Gasteiger partial charge in [-0.05, 0) is 53.4 Å². The molecule has 0 fully saturated rings. The van der Waals surface area contributed by atoms with Gasteiger partial charge in [-0.3, -0.25) is 10.0 Å². The second kappa shape index (κ2) is 9.59. The van der Waals surface area contributed by atoms with Crippen molar-refractivity contribution in [3.8, 4) is 5.75 Å². The SMILES string of the molecule is O=C(NO)[C@@H](Cc1cccs1)N(Cc1ccc(Cl)cc1)S(=O)(=O)c1ccc(O)cc1. The second-order valence-corrected chi connectivity index (χ2v) is 9.81. The van der Waals surface area contributed by atoms with Crippen LogP contribution in [0, 0.1) is 0 Å². The summed E-state index contributed by atoms with van der Waals surface area (Å²) in [6.07, 6.45) is 0.0783. The topological polar surface area (TPSA) is 107 Å². The summed E-state index contributed by atoms with van der Waals surface area (Å²) in [7, 11) is -4.16. The van der Waals surface area contributed by atoms with Gasteiger partial charge in [0, 0.05) is 22.9 Å². The maximum Gasteiger partial charge on any atom is 0.262 e. The smallest absolute Gasteiger partial charge is 0.262 e. The van der Waals surface area contributed by atoms with Crippen molar-refractivity contribution in [2.45, 2.75) is 23.9 Å². The number of phenolic OH excluding ortho intramolecular Hbond substituents is 1. The molecule has 1 heterocycles. The summed E-state index contributed by atoms with van der Waals surface area (Å²) in [5, 5.41) is 21.1. The lowest BCUT2D eigenvalue weighted by molar-refractivity contribution is -0.133. The van der Waals surface area contributed by atoms with Crippen LogP contribution in [0.5, 0.6) is 5.75 Å². The molecule has 0 bridgehead atoms. The standard InChI is InChI=1S/C20H19ClN2O5S2/c21-15-5-3-14(4-6-15)13-23(30(27,28)18-9-7-16(24)8-10-18)19(20(25)22-26)12-17-2-1-11-29-17/h1-11,19,24,26H,12-13H2,(H,22,25)/t19-/m1/s1. The van der Waals surface area contributed by atoms with Crippen LogP contribution in [0.15, 0.2) is 70.9 Å². The van der Waals surface area contributed by atoms with Crippen LogP contribution in [0.4, 0.5) is 0 Å². The Morgan fingerprint density at radius 2 is 1.77 bits per heavy atom. The van der Waals surface area contributed by atoms with Gasteiger partial charge < -0.3 is 5.11 Å². The lowest BCUT2D eigenvalue weighted by Gasteiger charge is -2.29. The van der Waals surface area contributed by atoms with Gasteiger partial charge in [0.2, 0.25) is 10.0 Å². The number of thiophene rings is 1. The first-order valence-electron chi connectivity index (χ1n) is 8.83. The van der Waals surface area contributed by atoms with Gasteiger partial charge in [-0.15, -0.1) is 11.3 Å². The Hall–Kier alpha value is -2.43. The molecule has 1 atom stereocenters. The van der Waals surface area contributed by atoms with Crippen molar-refractivity contribution in [2.24, 2.45) is 0 Å². The molecule has 3 aromatic rings. The average Bonchev–Trinajstić information content (AvgIpc) is 3.25. The molecule has 0 aliphatic carbocycles. The average molecular weight is 467 g/mol. The van der Waals surface area contributed by atoms with Gasteiger partial charge in [0.25, 0.3) is 5.91 Å². The number of hydroxylamine groups is 1. The molecule has 3 rings (SSSR count). The maximum absolute atomic E-state index is 13.5. The Bertz CT molecular complexity index is 1090. The number of carbonyl (C=O) groups excluding carboxylic acids is 1. The fourth-order valence-electron chi connectivity index (χ4n) is 2.91. The van der Waals surface area contributed by atoms with E-state index in [9.17, 15) is 23.5 Å². The van der Waals surface area contributed by atoms with E-state index in [-0.39, 0.29) is 23.6 Å². The van der Waals surface area contributed by atoms with E-state index in [2.05, 4.69) is 0 Å². The van der Waals surface area contributed by atoms with Crippen molar-refractivity contribution in [3.05, 3.63) is 81.5 Å². The van der Waals surface area contributed by atoms with Crippen LogP contribution < -0.4 is 5.48 Å². The van der Waals surface area contributed by atoms with Gasteiger partial charge in [0.15, 0.2) is 0 Å². The third-order valence-electron chi connectivity index (χ3n) is 4.43. The highest BCUT2D eigenvalue weighted by Crippen LogP contribution is 2.26. The molecule has 7 nitrogen and oxygen atoms in total. The molecule has 1 amide bonds. The first kappa shape index (κ1) is 22.3. The van der Waals surface area contributed by atoms with Crippen molar-refractivity contribution in [1.82, 2.24) is 9.79 Å². The van der Waals surface area contributed by atoms with Gasteiger partial charge in [0.05, 0.1) is 4.90 Å². The Balaban J connectivity index is 2.07. The molecule has 0 aliphatic rings. The molecule has 0 spiro atoms. The molecule has 30 heavy (non-hydrogen) atoms. The minimum atomic E-state index is -4.16. The fourth-order valence-corrected chi connectivity index (χ4v) is 5.35. The molecule has 0 radical (unpaired) electrons. The molecule has 1 aromatic heterocycles. The third-order valence-corrected chi connectivity index (χ3v) is 7.45. The number of phenols is 1. The summed E-state index contributed by atoms with van der Waals surface area (Å²) < 4.78 is 28.0. The lowest BCUT2D eigenvalue weighted by Crippen LogP contribution is -2.49. The fraction of sp³-hybridized carbons (Fsp3) is 0.150. The zero-order valence-corrected chi connectivity index (χ0v) is 18.0. The van der Waals surface area contributed by atoms with Gasteiger partial charge in [-0.1, -0.05) is 29.8 Å². The molecule has 0 saturated carbocycles. The minimum absolute atomic E-state index is 0.0783. The quantitative estimate of drug-likeness (QED) is 0.348. The monoisotopic (exact) mass is 466 g/mol. The molecule has 0 aliphatic heterocycles. The number of sulfonamides is 1. The molecular weight excluding hydrogens is 448 g/mol. The number of hydrogen-bond acceptors (Lipinski definition) is 6. The van der Waals surface area contributed by atoms with E-state index < -0.39 is 22.0 Å². The van der Waals surface area contributed by atoms with Crippen molar-refractivity contribution in [2.75, 3.05) is 0 Å². The van der Waals surface area contributed by atoms with E-state index in [1.54, 1.807) is 41.9 Å². The molecule has 158 valence electrons. The minimum Gasteiger partial charge on any atom is -0.508 e. The second-order valence-electron chi connectivity index (χ2n) is 6.45. The number of aromatic hydroxyl groups is 1. The van der Waals surface area contributed by atoms with E-state index in [0.717, 1.165) is 9.18 Å². The van der Waals surface area contributed by atoms with Gasteiger partial charge in [-0.2, -0.15) is 4.31 Å². The highest BCUT2D eigenvalue weighted by molar-refractivity contribution is 7.89. The number of benzene rings is 2. The van der Waals surface area contributed by atoms with Crippen LogP contribution in [-0.2, 0) is 27.8 Å². The first-order chi connectivity index (χ1) is 14.3. The molecular formula is C20H19ClN2O5S2. The highest BCUT2D eigenvalue weighted by Gasteiger charge is 2.36. The largest absolute Gasteiger partial charge is 0.508 e. The number of rotatable bonds is 8. The Morgan fingerprint density at radius 3 is 2.33 bits per heavy atom.